The van der Waals surface area contributed by atoms with Crippen molar-refractivity contribution >= 4 is 17.6 Å². The first-order chi connectivity index (χ1) is 6.18. The summed E-state index contributed by atoms with van der Waals surface area (Å²) in [6, 6.07) is 8.86. The van der Waals surface area contributed by atoms with E-state index < -0.39 is 11.5 Å². The summed E-state index contributed by atoms with van der Waals surface area (Å²) in [7, 11) is 0. The minimum Gasteiger partial charge on any atom is -0.481 e. The molecule has 0 aliphatic rings. The number of rotatable bonds is 4. The average Bonchev–Trinajstić information content (AvgIpc) is 2.04. The number of alkyl halides is 1. The number of aliphatic carboxylic acids is 1. The topological polar surface area (TPSA) is 46.5 Å². The lowest BCUT2D eigenvalue weighted by Gasteiger charge is -2.09. The fourth-order valence-corrected chi connectivity index (χ4v) is 1.06. The zero-order valence-corrected chi connectivity index (χ0v) is 7.57. The molecule has 1 aromatic carbocycles. The van der Waals surface area contributed by atoms with Crippen LogP contribution in [0.3, 0.4) is 0 Å². The number of hydrogen-bond acceptors (Lipinski definition) is 2. The summed E-state index contributed by atoms with van der Waals surface area (Å²) >= 11 is 5.61. The Morgan fingerprint density at radius 3 is 2.62 bits per heavy atom. The van der Waals surface area contributed by atoms with E-state index in [9.17, 15) is 4.79 Å². The van der Waals surface area contributed by atoms with Crippen LogP contribution in [0.4, 0.5) is 0 Å². The highest BCUT2D eigenvalue weighted by Crippen LogP contribution is 2.14. The van der Waals surface area contributed by atoms with E-state index in [1.54, 1.807) is 24.3 Å². The van der Waals surface area contributed by atoms with Crippen LogP contribution in [-0.2, 0) is 4.79 Å². The summed E-state index contributed by atoms with van der Waals surface area (Å²) in [5, 5.41) is 8.40. The monoisotopic (exact) mass is 200 g/mol. The van der Waals surface area contributed by atoms with E-state index in [0.717, 1.165) is 0 Å². The predicted molar refractivity (Wildman–Crippen MR) is 49.0 cm³/mol. The normalized spacial score (nSPS) is 12.1. The molecule has 1 atom stereocenters. The van der Waals surface area contributed by atoms with Gasteiger partial charge in [0.05, 0.1) is 6.42 Å². The van der Waals surface area contributed by atoms with Gasteiger partial charge in [0.15, 0.2) is 5.56 Å². The Hall–Kier alpha value is -1.22. The number of benzene rings is 1. The third kappa shape index (κ3) is 3.80. The Bertz CT molecular complexity index is 273. The lowest BCUT2D eigenvalue weighted by atomic mass is 10.3. The molecule has 1 N–H and O–H groups in total. The quantitative estimate of drug-likeness (QED) is 0.758. The molecule has 0 bridgehead atoms. The Morgan fingerprint density at radius 1 is 1.46 bits per heavy atom. The Kier molecular flexibility index (Phi) is 3.58. The second-order valence-corrected chi connectivity index (χ2v) is 2.93. The molecule has 0 saturated heterocycles. The Labute approximate surface area is 80.9 Å². The van der Waals surface area contributed by atoms with Gasteiger partial charge in [0.1, 0.15) is 5.75 Å². The minimum atomic E-state index is -0.976. The molecule has 3 nitrogen and oxygen atoms in total. The zero-order valence-electron chi connectivity index (χ0n) is 6.81. The molecule has 13 heavy (non-hydrogen) atoms. The summed E-state index contributed by atoms with van der Waals surface area (Å²) in [5.41, 5.74) is -0.820. The fraction of sp³-hybridized carbons (Fsp3) is 0.222. The van der Waals surface area contributed by atoms with Crippen LogP contribution in [-0.4, -0.2) is 16.6 Å². The van der Waals surface area contributed by atoms with Gasteiger partial charge in [-0.3, -0.25) is 4.79 Å². The highest BCUT2D eigenvalue weighted by Gasteiger charge is 2.10. The van der Waals surface area contributed by atoms with Gasteiger partial charge in [-0.2, -0.15) is 0 Å². The highest BCUT2D eigenvalue weighted by atomic mass is 35.5. The van der Waals surface area contributed by atoms with Crippen LogP contribution in [0.15, 0.2) is 30.3 Å². The van der Waals surface area contributed by atoms with Crippen molar-refractivity contribution < 1.29 is 14.6 Å². The molecule has 0 aliphatic heterocycles. The van der Waals surface area contributed by atoms with Crippen molar-refractivity contribution in [1.82, 2.24) is 0 Å². The lowest BCUT2D eigenvalue weighted by Crippen LogP contribution is -2.13. The Balaban J connectivity index is 2.45. The molecule has 1 aromatic rings. The minimum absolute atomic E-state index is 0.212. The maximum atomic E-state index is 10.2. The van der Waals surface area contributed by atoms with Gasteiger partial charge in [-0.05, 0) is 12.1 Å². The van der Waals surface area contributed by atoms with Crippen molar-refractivity contribution in [2.24, 2.45) is 0 Å². The average molecular weight is 201 g/mol. The first-order valence-corrected chi connectivity index (χ1v) is 4.19. The van der Waals surface area contributed by atoms with E-state index in [4.69, 9.17) is 21.4 Å². The molecule has 4 heteroatoms. The molecule has 0 saturated carbocycles. The molecule has 0 heterocycles. The summed E-state index contributed by atoms with van der Waals surface area (Å²) in [6.07, 6.45) is -0.212. The van der Waals surface area contributed by atoms with E-state index in [2.05, 4.69) is 0 Å². The largest absolute Gasteiger partial charge is 0.481 e. The van der Waals surface area contributed by atoms with E-state index >= 15 is 0 Å². The van der Waals surface area contributed by atoms with Gasteiger partial charge in [0.2, 0.25) is 0 Å². The van der Waals surface area contributed by atoms with Crippen LogP contribution in [0.25, 0.3) is 0 Å². The molecule has 1 unspecified atom stereocenters. The van der Waals surface area contributed by atoms with Crippen molar-refractivity contribution in [3.05, 3.63) is 30.3 Å². The number of para-hydroxylation sites is 1. The zero-order chi connectivity index (χ0) is 9.68. The number of ether oxygens (including phenoxy) is 1. The number of carbonyl (C=O) groups is 1. The van der Waals surface area contributed by atoms with Crippen LogP contribution in [0, 0.1) is 0 Å². The third-order valence-corrected chi connectivity index (χ3v) is 1.59. The molecule has 0 amide bonds. The van der Waals surface area contributed by atoms with E-state index in [1.807, 2.05) is 6.07 Å². The standard InChI is InChI=1S/C9H9ClO3/c10-8(6-9(11)12)13-7-4-2-1-3-5-7/h1-5,8H,6H2,(H,11,12). The van der Waals surface area contributed by atoms with E-state index in [-0.39, 0.29) is 6.42 Å². The molecule has 0 radical (unpaired) electrons. The van der Waals surface area contributed by atoms with Crippen LogP contribution >= 0.6 is 11.6 Å². The van der Waals surface area contributed by atoms with E-state index in [1.165, 1.54) is 0 Å². The molecule has 70 valence electrons. The lowest BCUT2D eigenvalue weighted by molar-refractivity contribution is -0.137. The highest BCUT2D eigenvalue weighted by molar-refractivity contribution is 6.20. The number of hydrogen-bond donors (Lipinski definition) is 1. The SMILES string of the molecule is O=C(O)CC(Cl)Oc1ccccc1. The van der Waals surface area contributed by atoms with Crippen molar-refractivity contribution in [3.63, 3.8) is 0 Å². The van der Waals surface area contributed by atoms with Gasteiger partial charge in [-0.25, -0.2) is 0 Å². The van der Waals surface area contributed by atoms with Crippen LogP contribution in [0.5, 0.6) is 5.75 Å². The summed E-state index contributed by atoms with van der Waals surface area (Å²) in [5.74, 6) is -0.403. The number of carboxylic acid groups (broad SMARTS) is 1. The van der Waals surface area contributed by atoms with Crippen molar-refractivity contribution in [3.8, 4) is 5.75 Å². The summed E-state index contributed by atoms with van der Waals surface area (Å²) < 4.78 is 5.11. The van der Waals surface area contributed by atoms with Gasteiger partial charge < -0.3 is 9.84 Å². The van der Waals surface area contributed by atoms with Gasteiger partial charge in [0.25, 0.3) is 0 Å². The van der Waals surface area contributed by atoms with Crippen molar-refractivity contribution in [2.75, 3.05) is 0 Å². The van der Waals surface area contributed by atoms with Crippen LogP contribution in [0.2, 0.25) is 0 Å². The summed E-state index contributed by atoms with van der Waals surface area (Å²) in [4.78, 5) is 10.2. The summed E-state index contributed by atoms with van der Waals surface area (Å²) in [6.45, 7) is 0. The molecule has 0 aliphatic carbocycles. The van der Waals surface area contributed by atoms with E-state index in [0.29, 0.717) is 5.75 Å². The van der Waals surface area contributed by atoms with Gasteiger partial charge in [-0.15, -0.1) is 0 Å². The maximum absolute atomic E-state index is 10.2. The number of carboxylic acids is 1. The first-order valence-electron chi connectivity index (χ1n) is 3.76. The molecular formula is C9H9ClO3. The maximum Gasteiger partial charge on any atom is 0.308 e. The molecule has 0 spiro atoms. The molecular weight excluding hydrogens is 192 g/mol. The van der Waals surface area contributed by atoms with Gasteiger partial charge >= 0.3 is 5.97 Å². The fourth-order valence-electron chi connectivity index (χ4n) is 0.826. The van der Waals surface area contributed by atoms with Gasteiger partial charge in [0, 0.05) is 0 Å². The molecule has 1 rings (SSSR count). The van der Waals surface area contributed by atoms with Gasteiger partial charge in [-0.1, -0.05) is 29.8 Å². The third-order valence-electron chi connectivity index (χ3n) is 1.34. The smallest absolute Gasteiger partial charge is 0.308 e. The predicted octanol–water partition coefficient (Wildman–Crippen LogP) is 2.10. The van der Waals surface area contributed by atoms with Crippen molar-refractivity contribution in [1.29, 1.82) is 0 Å². The van der Waals surface area contributed by atoms with Crippen LogP contribution < -0.4 is 4.74 Å². The van der Waals surface area contributed by atoms with Crippen LogP contribution in [0.1, 0.15) is 6.42 Å². The number of halogens is 1. The Morgan fingerprint density at radius 2 is 2.08 bits per heavy atom. The second kappa shape index (κ2) is 4.72. The molecule has 0 fully saturated rings. The second-order valence-electron chi connectivity index (χ2n) is 2.44. The first kappa shape index (κ1) is 9.86. The van der Waals surface area contributed by atoms with Crippen molar-refractivity contribution in [2.45, 2.75) is 12.0 Å². The molecule has 0 aromatic heterocycles.